The summed E-state index contributed by atoms with van der Waals surface area (Å²) in [5.41, 5.74) is 2.88. The van der Waals surface area contributed by atoms with Crippen LogP contribution in [0, 0.1) is 0 Å². The molecule has 1 N–H and O–H groups in total. The SMILES string of the molecule is CC.CC.[B]C(C)(C)CC1=C(CC)NC(C)(COC)C1. The second-order valence-electron chi connectivity index (χ2n) is 5.90. The summed E-state index contributed by atoms with van der Waals surface area (Å²) in [7, 11) is 7.85. The molecule has 0 saturated carbocycles. The number of allylic oxidation sites excluding steroid dienone is 1. The van der Waals surface area contributed by atoms with Gasteiger partial charge in [0.15, 0.2) is 0 Å². The maximum absolute atomic E-state index is 6.10. The van der Waals surface area contributed by atoms with Crippen LogP contribution in [-0.4, -0.2) is 27.1 Å². The summed E-state index contributed by atoms with van der Waals surface area (Å²) in [6, 6.07) is 0. The van der Waals surface area contributed by atoms with Gasteiger partial charge in [0.25, 0.3) is 0 Å². The van der Waals surface area contributed by atoms with Crippen LogP contribution in [0.3, 0.4) is 0 Å². The van der Waals surface area contributed by atoms with Crippen LogP contribution < -0.4 is 5.32 Å². The molecule has 2 nitrogen and oxygen atoms in total. The third-order valence-electron chi connectivity index (χ3n) is 2.97. The summed E-state index contributed by atoms with van der Waals surface area (Å²) in [5.74, 6) is 0. The van der Waals surface area contributed by atoms with Crippen LogP contribution in [0.2, 0.25) is 5.31 Å². The van der Waals surface area contributed by atoms with Crippen LogP contribution in [0.4, 0.5) is 0 Å². The molecule has 1 aliphatic rings. The van der Waals surface area contributed by atoms with Gasteiger partial charge in [0.05, 0.1) is 20.0 Å². The molecule has 1 aliphatic heterocycles. The van der Waals surface area contributed by atoms with Gasteiger partial charge in [0.1, 0.15) is 0 Å². The quantitative estimate of drug-likeness (QED) is 0.727. The van der Waals surface area contributed by atoms with Crippen molar-refractivity contribution in [2.24, 2.45) is 0 Å². The first kappa shape index (κ1) is 21.9. The Morgan fingerprint density at radius 1 is 1.25 bits per heavy atom. The van der Waals surface area contributed by atoms with E-state index in [0.29, 0.717) is 0 Å². The lowest BCUT2D eigenvalue weighted by Gasteiger charge is -2.26. The highest BCUT2D eigenvalue weighted by Gasteiger charge is 2.34. The molecule has 0 saturated heterocycles. The highest BCUT2D eigenvalue weighted by Crippen LogP contribution is 2.38. The lowest BCUT2D eigenvalue weighted by molar-refractivity contribution is 0.130. The van der Waals surface area contributed by atoms with Gasteiger partial charge in [-0.05, 0) is 31.8 Å². The first-order chi connectivity index (χ1) is 9.29. The average Bonchev–Trinajstić information content (AvgIpc) is 2.68. The Balaban J connectivity index is 0. The van der Waals surface area contributed by atoms with Crippen molar-refractivity contribution in [1.82, 2.24) is 5.32 Å². The molecule has 0 aliphatic carbocycles. The number of hydrogen-bond donors (Lipinski definition) is 1. The van der Waals surface area contributed by atoms with E-state index in [1.165, 1.54) is 11.3 Å². The summed E-state index contributed by atoms with van der Waals surface area (Å²) in [6.45, 7) is 17.3. The van der Waals surface area contributed by atoms with Crippen molar-refractivity contribution in [3.8, 4) is 0 Å². The largest absolute Gasteiger partial charge is 0.382 e. The predicted octanol–water partition coefficient (Wildman–Crippen LogP) is 4.86. The molecule has 1 unspecified atom stereocenters. The lowest BCUT2D eigenvalue weighted by Crippen LogP contribution is -2.41. The smallest absolute Gasteiger partial charge is 0.0743 e. The van der Waals surface area contributed by atoms with E-state index in [1.54, 1.807) is 7.11 Å². The molecule has 0 spiro atoms. The molecular formula is C17H36BNO. The zero-order valence-corrected chi connectivity index (χ0v) is 15.3. The average molecular weight is 281 g/mol. The standard InChI is InChI=1S/C13H24BNO.2C2H6/c1-6-11-10(7-12(2,3)14)8-13(4,15-11)9-16-5;2*1-2/h15H,6-9H2,1-5H3;2*1-2H3. The van der Waals surface area contributed by atoms with Crippen LogP contribution >= 0.6 is 0 Å². The molecule has 0 aromatic carbocycles. The second kappa shape index (κ2) is 10.3. The minimum atomic E-state index is -0.129. The minimum Gasteiger partial charge on any atom is -0.382 e. The number of methoxy groups -OCH3 is 1. The predicted molar refractivity (Wildman–Crippen MR) is 92.5 cm³/mol. The van der Waals surface area contributed by atoms with E-state index in [4.69, 9.17) is 12.6 Å². The molecule has 0 aromatic heterocycles. The third kappa shape index (κ3) is 7.99. The van der Waals surface area contributed by atoms with Gasteiger partial charge in [-0.1, -0.05) is 53.8 Å². The second-order valence-corrected chi connectivity index (χ2v) is 5.90. The topological polar surface area (TPSA) is 21.3 Å². The molecule has 0 bridgehead atoms. The zero-order valence-electron chi connectivity index (χ0n) is 15.3. The first-order valence-corrected chi connectivity index (χ1v) is 8.06. The van der Waals surface area contributed by atoms with Gasteiger partial charge < -0.3 is 10.1 Å². The van der Waals surface area contributed by atoms with Gasteiger partial charge >= 0.3 is 0 Å². The van der Waals surface area contributed by atoms with Crippen molar-refractivity contribution in [1.29, 1.82) is 0 Å². The van der Waals surface area contributed by atoms with Crippen LogP contribution in [0.25, 0.3) is 0 Å². The summed E-state index contributed by atoms with van der Waals surface area (Å²) in [4.78, 5) is 0. The Hall–Kier alpha value is -0.435. The van der Waals surface area contributed by atoms with E-state index in [1.807, 2.05) is 27.7 Å². The maximum atomic E-state index is 6.10. The molecule has 1 heterocycles. The molecule has 0 fully saturated rings. The van der Waals surface area contributed by atoms with Gasteiger partial charge in [0, 0.05) is 12.8 Å². The number of hydrogen-bond acceptors (Lipinski definition) is 2. The van der Waals surface area contributed by atoms with Crippen LogP contribution in [0.5, 0.6) is 0 Å². The van der Waals surface area contributed by atoms with Gasteiger partial charge in [0.2, 0.25) is 0 Å². The fourth-order valence-electron chi connectivity index (χ4n) is 2.54. The number of ether oxygens (including phenoxy) is 1. The Morgan fingerprint density at radius 3 is 2.10 bits per heavy atom. The maximum Gasteiger partial charge on any atom is 0.0743 e. The molecular weight excluding hydrogens is 245 g/mol. The molecule has 2 radical (unpaired) electrons. The summed E-state index contributed by atoms with van der Waals surface area (Å²) in [5, 5.41) is 3.46. The molecule has 1 atom stereocenters. The van der Waals surface area contributed by atoms with E-state index in [0.717, 1.165) is 25.9 Å². The van der Waals surface area contributed by atoms with Crippen molar-refractivity contribution < 1.29 is 4.74 Å². The highest BCUT2D eigenvalue weighted by atomic mass is 16.5. The lowest BCUT2D eigenvalue weighted by atomic mass is 9.67. The van der Waals surface area contributed by atoms with Crippen molar-refractivity contribution in [2.75, 3.05) is 13.7 Å². The Labute approximate surface area is 129 Å². The Bertz CT molecular complexity index is 281. The fourth-order valence-corrected chi connectivity index (χ4v) is 2.54. The van der Waals surface area contributed by atoms with E-state index in [2.05, 4.69) is 33.0 Å². The van der Waals surface area contributed by atoms with E-state index in [-0.39, 0.29) is 10.9 Å². The Morgan fingerprint density at radius 2 is 1.75 bits per heavy atom. The van der Waals surface area contributed by atoms with E-state index >= 15 is 0 Å². The Kier molecular flexibility index (Phi) is 11.3. The molecule has 0 aromatic rings. The molecule has 0 amide bonds. The normalized spacial score (nSPS) is 21.4. The van der Waals surface area contributed by atoms with Gasteiger partial charge in [-0.25, -0.2) is 0 Å². The number of rotatable bonds is 5. The summed E-state index contributed by atoms with van der Waals surface area (Å²) < 4.78 is 5.28. The van der Waals surface area contributed by atoms with Crippen molar-refractivity contribution in [3.05, 3.63) is 11.3 Å². The molecule has 1 rings (SSSR count). The minimum absolute atomic E-state index is 0.0562. The monoisotopic (exact) mass is 281 g/mol. The van der Waals surface area contributed by atoms with E-state index < -0.39 is 0 Å². The van der Waals surface area contributed by atoms with Gasteiger partial charge in [-0.15, -0.1) is 0 Å². The zero-order chi connectivity index (χ0) is 16.4. The fraction of sp³-hybridized carbons (Fsp3) is 0.882. The van der Waals surface area contributed by atoms with Crippen LogP contribution in [0.1, 0.15) is 74.7 Å². The van der Waals surface area contributed by atoms with Gasteiger partial charge in [-0.3, -0.25) is 0 Å². The van der Waals surface area contributed by atoms with Crippen LogP contribution in [-0.2, 0) is 4.74 Å². The molecule has 20 heavy (non-hydrogen) atoms. The summed E-state index contributed by atoms with van der Waals surface area (Å²) >= 11 is 0. The van der Waals surface area contributed by atoms with Gasteiger partial charge in [-0.2, -0.15) is 0 Å². The van der Waals surface area contributed by atoms with Crippen LogP contribution in [0.15, 0.2) is 11.3 Å². The third-order valence-corrected chi connectivity index (χ3v) is 2.97. The first-order valence-electron chi connectivity index (χ1n) is 8.06. The summed E-state index contributed by atoms with van der Waals surface area (Å²) in [6.07, 6.45) is 3.05. The number of nitrogens with one attached hydrogen (secondary N) is 1. The molecule has 118 valence electrons. The molecule has 3 heteroatoms. The van der Waals surface area contributed by atoms with Crippen molar-refractivity contribution in [2.45, 2.75) is 85.5 Å². The van der Waals surface area contributed by atoms with Crippen molar-refractivity contribution in [3.63, 3.8) is 0 Å². The highest BCUT2D eigenvalue weighted by molar-refractivity contribution is 6.14. The van der Waals surface area contributed by atoms with E-state index in [9.17, 15) is 0 Å². The van der Waals surface area contributed by atoms with Crippen molar-refractivity contribution >= 4 is 7.85 Å².